The second-order valence-electron chi connectivity index (χ2n) is 8.46. The maximum Gasteiger partial charge on any atom is 0.233 e. The van der Waals surface area contributed by atoms with E-state index in [1.807, 2.05) is 49.1 Å². The zero-order chi connectivity index (χ0) is 20.7. The van der Waals surface area contributed by atoms with E-state index < -0.39 is 5.41 Å². The number of nitrogens with two attached hydrogens (primary N) is 1. The first-order valence-electron chi connectivity index (χ1n) is 10.7. The molecule has 0 aliphatic heterocycles. The van der Waals surface area contributed by atoms with Crippen LogP contribution in [0.5, 0.6) is 0 Å². The van der Waals surface area contributed by atoms with Crippen LogP contribution < -0.4 is 11.1 Å². The number of hydrogen-bond donors (Lipinski definition) is 2. The highest BCUT2D eigenvalue weighted by Gasteiger charge is 2.61. The summed E-state index contributed by atoms with van der Waals surface area (Å²) in [4.78, 5) is 27.6. The summed E-state index contributed by atoms with van der Waals surface area (Å²) in [6, 6.07) is 10.0. The molecule has 2 rings (SSSR count). The molecule has 1 fully saturated rings. The van der Waals surface area contributed by atoms with Crippen LogP contribution in [0.25, 0.3) is 0 Å². The predicted octanol–water partition coefficient (Wildman–Crippen LogP) is 2.94. The van der Waals surface area contributed by atoms with Gasteiger partial charge in [-0.2, -0.15) is 0 Å². The van der Waals surface area contributed by atoms with Crippen molar-refractivity contribution in [2.75, 3.05) is 26.2 Å². The molecule has 156 valence electrons. The van der Waals surface area contributed by atoms with Crippen LogP contribution in [-0.2, 0) is 15.0 Å². The molecule has 0 heterocycles. The Labute approximate surface area is 170 Å². The molecule has 1 saturated carbocycles. The van der Waals surface area contributed by atoms with Crippen molar-refractivity contribution in [2.45, 2.75) is 52.4 Å². The van der Waals surface area contributed by atoms with Crippen molar-refractivity contribution in [1.82, 2.24) is 10.2 Å². The summed E-state index contributed by atoms with van der Waals surface area (Å²) < 4.78 is 0. The van der Waals surface area contributed by atoms with Crippen LogP contribution in [0, 0.1) is 17.8 Å². The fraction of sp³-hybridized carbons (Fsp3) is 0.652. The van der Waals surface area contributed by atoms with Crippen LogP contribution in [0.1, 0.15) is 52.5 Å². The van der Waals surface area contributed by atoms with Gasteiger partial charge in [0.25, 0.3) is 0 Å². The van der Waals surface area contributed by atoms with E-state index in [2.05, 4.69) is 19.2 Å². The lowest BCUT2D eigenvalue weighted by molar-refractivity contribution is -0.134. The van der Waals surface area contributed by atoms with Crippen LogP contribution in [0.15, 0.2) is 30.3 Å². The van der Waals surface area contributed by atoms with Gasteiger partial charge in [-0.1, -0.05) is 44.2 Å². The highest BCUT2D eigenvalue weighted by atomic mass is 16.2. The summed E-state index contributed by atoms with van der Waals surface area (Å²) in [5.41, 5.74) is 6.40. The molecule has 0 radical (unpaired) electrons. The first-order valence-corrected chi connectivity index (χ1v) is 10.7. The third kappa shape index (κ3) is 5.13. The number of amides is 2. The minimum atomic E-state index is -0.494. The molecule has 0 spiro atoms. The Morgan fingerprint density at radius 1 is 1.21 bits per heavy atom. The topological polar surface area (TPSA) is 75.4 Å². The lowest BCUT2D eigenvalue weighted by atomic mass is 9.91. The van der Waals surface area contributed by atoms with Crippen molar-refractivity contribution in [2.24, 2.45) is 23.5 Å². The summed E-state index contributed by atoms with van der Waals surface area (Å²) in [6.07, 6.45) is 2.21. The molecule has 2 amide bonds. The van der Waals surface area contributed by atoms with Crippen LogP contribution in [0.4, 0.5) is 0 Å². The number of hydrogen-bond acceptors (Lipinski definition) is 3. The van der Waals surface area contributed by atoms with Crippen molar-refractivity contribution in [1.29, 1.82) is 0 Å². The minimum Gasteiger partial charge on any atom is -0.356 e. The Kier molecular flexibility index (Phi) is 8.05. The van der Waals surface area contributed by atoms with Gasteiger partial charge in [0.05, 0.1) is 5.41 Å². The highest BCUT2D eigenvalue weighted by molar-refractivity contribution is 5.92. The van der Waals surface area contributed by atoms with Gasteiger partial charge in [-0.25, -0.2) is 0 Å². The molecular weight excluding hydrogens is 350 g/mol. The number of carbonyl (C=O) groups is 2. The van der Waals surface area contributed by atoms with Gasteiger partial charge in [-0.15, -0.1) is 0 Å². The molecule has 0 aromatic heterocycles. The lowest BCUT2D eigenvalue weighted by Crippen LogP contribution is -2.41. The fourth-order valence-electron chi connectivity index (χ4n) is 4.34. The molecule has 3 N–H and O–H groups in total. The number of rotatable bonds is 11. The zero-order valence-corrected chi connectivity index (χ0v) is 17.9. The van der Waals surface area contributed by atoms with Gasteiger partial charge in [0.2, 0.25) is 11.8 Å². The number of carbonyl (C=O) groups excluding carboxylic acids is 2. The summed E-state index contributed by atoms with van der Waals surface area (Å²) in [7, 11) is 0. The molecular formula is C23H37N3O2. The molecule has 0 bridgehead atoms. The maximum atomic E-state index is 13.3. The first kappa shape index (κ1) is 22.4. The maximum absolute atomic E-state index is 13.3. The van der Waals surface area contributed by atoms with E-state index in [0.29, 0.717) is 38.5 Å². The number of nitrogens with one attached hydrogen (secondary N) is 1. The minimum absolute atomic E-state index is 0.0419. The summed E-state index contributed by atoms with van der Waals surface area (Å²) in [6.45, 7) is 10.8. The number of nitrogens with zero attached hydrogens (tertiary/aromatic N) is 1. The standard InChI is InChI=1S/C23H37N3O2/c1-5-26(6-2)22(28)23(19-10-8-7-9-11-19)14-20(23)16-25-21(27)13-18(15-24)12-17(3)4/h7-11,17-18,20H,5-6,12-16,24H2,1-4H3,(H,25,27). The third-order valence-corrected chi connectivity index (χ3v) is 5.98. The van der Waals surface area contributed by atoms with Crippen molar-refractivity contribution in [3.63, 3.8) is 0 Å². The fourth-order valence-corrected chi connectivity index (χ4v) is 4.34. The van der Waals surface area contributed by atoms with Crippen LogP contribution in [0.3, 0.4) is 0 Å². The van der Waals surface area contributed by atoms with E-state index in [9.17, 15) is 9.59 Å². The van der Waals surface area contributed by atoms with Gasteiger partial charge in [-0.05, 0) is 56.6 Å². The average molecular weight is 388 g/mol. The van der Waals surface area contributed by atoms with Crippen molar-refractivity contribution >= 4 is 11.8 Å². The van der Waals surface area contributed by atoms with Crippen LogP contribution >= 0.6 is 0 Å². The molecule has 3 atom stereocenters. The normalized spacial score (nSPS) is 22.0. The molecule has 3 unspecified atom stereocenters. The molecule has 5 heteroatoms. The van der Waals surface area contributed by atoms with Crippen LogP contribution in [0.2, 0.25) is 0 Å². The van der Waals surface area contributed by atoms with E-state index in [1.165, 1.54) is 0 Å². The second kappa shape index (κ2) is 10.1. The summed E-state index contributed by atoms with van der Waals surface area (Å²) in [5.74, 6) is 1.12. The van der Waals surface area contributed by atoms with E-state index in [1.54, 1.807) is 0 Å². The predicted molar refractivity (Wildman–Crippen MR) is 114 cm³/mol. The smallest absolute Gasteiger partial charge is 0.233 e. The number of benzene rings is 1. The van der Waals surface area contributed by atoms with Crippen molar-refractivity contribution < 1.29 is 9.59 Å². The van der Waals surface area contributed by atoms with Gasteiger partial charge in [0, 0.05) is 26.1 Å². The van der Waals surface area contributed by atoms with Gasteiger partial charge < -0.3 is 16.0 Å². The molecule has 1 aliphatic carbocycles. The molecule has 28 heavy (non-hydrogen) atoms. The molecule has 0 saturated heterocycles. The first-order chi connectivity index (χ1) is 13.4. The van der Waals surface area contributed by atoms with Gasteiger partial charge in [0.15, 0.2) is 0 Å². The molecule has 1 aromatic carbocycles. The Hall–Kier alpha value is -1.88. The summed E-state index contributed by atoms with van der Waals surface area (Å²) >= 11 is 0. The zero-order valence-electron chi connectivity index (χ0n) is 17.9. The Morgan fingerprint density at radius 2 is 1.86 bits per heavy atom. The SMILES string of the molecule is CCN(CC)C(=O)C1(c2ccccc2)CC1CNC(=O)CC(CN)CC(C)C. The van der Waals surface area contributed by atoms with E-state index in [0.717, 1.165) is 18.4 Å². The summed E-state index contributed by atoms with van der Waals surface area (Å²) in [5, 5.41) is 3.07. The monoisotopic (exact) mass is 387 g/mol. The largest absolute Gasteiger partial charge is 0.356 e. The van der Waals surface area contributed by atoms with Crippen LogP contribution in [-0.4, -0.2) is 42.9 Å². The lowest BCUT2D eigenvalue weighted by Gasteiger charge is -2.26. The van der Waals surface area contributed by atoms with E-state index >= 15 is 0 Å². The van der Waals surface area contributed by atoms with Crippen molar-refractivity contribution in [3.05, 3.63) is 35.9 Å². The Balaban J connectivity index is 2.03. The highest BCUT2D eigenvalue weighted by Crippen LogP contribution is 2.55. The molecule has 1 aliphatic rings. The van der Waals surface area contributed by atoms with Gasteiger partial charge in [-0.3, -0.25) is 9.59 Å². The van der Waals surface area contributed by atoms with Gasteiger partial charge in [0.1, 0.15) is 0 Å². The Morgan fingerprint density at radius 3 is 2.39 bits per heavy atom. The quantitative estimate of drug-likeness (QED) is 0.613. The Bertz CT molecular complexity index is 643. The average Bonchev–Trinajstić information content (AvgIpc) is 3.42. The molecule has 5 nitrogen and oxygen atoms in total. The van der Waals surface area contributed by atoms with E-state index in [-0.39, 0.29) is 23.7 Å². The third-order valence-electron chi connectivity index (χ3n) is 5.98. The number of likely N-dealkylation sites (N-methyl/N-ethyl adjacent to an activating group) is 1. The van der Waals surface area contributed by atoms with Crippen molar-refractivity contribution in [3.8, 4) is 0 Å². The molecule has 1 aromatic rings. The van der Waals surface area contributed by atoms with Gasteiger partial charge >= 0.3 is 0 Å². The van der Waals surface area contributed by atoms with E-state index in [4.69, 9.17) is 5.73 Å². The second-order valence-corrected chi connectivity index (χ2v) is 8.46.